The molecular weight excluding hydrogens is 363 g/mol. The summed E-state index contributed by atoms with van der Waals surface area (Å²) >= 11 is 0. The number of H-pyrrole nitrogens is 1. The van der Waals surface area contributed by atoms with Gasteiger partial charge in [-0.05, 0) is 12.5 Å². The molecule has 25 heavy (non-hydrogen) atoms. The van der Waals surface area contributed by atoms with Crippen molar-refractivity contribution in [1.29, 1.82) is 0 Å². The molecule has 0 aromatic carbocycles. The molecular formula is C14H24BF4N2O3S-. The molecule has 11 heteroatoms. The lowest BCUT2D eigenvalue weighted by Gasteiger charge is -2.11. The quantitative estimate of drug-likeness (QED) is 0.255. The molecule has 0 aliphatic rings. The van der Waals surface area contributed by atoms with Gasteiger partial charge >= 0.3 is 7.25 Å². The molecule has 0 fully saturated rings. The predicted molar refractivity (Wildman–Crippen MR) is 91.1 cm³/mol. The van der Waals surface area contributed by atoms with Gasteiger partial charge in [-0.25, -0.2) is 4.98 Å². The molecule has 0 radical (unpaired) electrons. The maximum absolute atomic E-state index is 11.5. The van der Waals surface area contributed by atoms with Crippen molar-refractivity contribution in [3.8, 4) is 0 Å². The van der Waals surface area contributed by atoms with Gasteiger partial charge in [0.25, 0.3) is 10.1 Å². The molecule has 0 amide bonds. The second-order valence-corrected chi connectivity index (χ2v) is 7.08. The van der Waals surface area contributed by atoms with Gasteiger partial charge in [0, 0.05) is 0 Å². The van der Waals surface area contributed by atoms with Gasteiger partial charge in [0.1, 0.15) is 11.1 Å². The monoisotopic (exact) mass is 387 g/mol. The lowest BCUT2D eigenvalue weighted by molar-refractivity contribution is 0.368. The van der Waals surface area contributed by atoms with Crippen molar-refractivity contribution in [3.63, 3.8) is 0 Å². The van der Waals surface area contributed by atoms with Gasteiger partial charge in [0.05, 0.1) is 11.9 Å². The van der Waals surface area contributed by atoms with Crippen molar-refractivity contribution in [2.45, 2.75) is 57.1 Å². The summed E-state index contributed by atoms with van der Waals surface area (Å²) in [5.74, 6) is 0.288. The second-order valence-electron chi connectivity index (χ2n) is 5.48. The van der Waals surface area contributed by atoms with Gasteiger partial charge in [0.15, 0.2) is 0 Å². The van der Waals surface area contributed by atoms with Crippen LogP contribution >= 0.6 is 0 Å². The zero-order valence-electron chi connectivity index (χ0n) is 14.1. The van der Waals surface area contributed by atoms with Crippen molar-refractivity contribution < 1.29 is 30.2 Å². The van der Waals surface area contributed by atoms with E-state index in [2.05, 4.69) is 23.5 Å². The number of rotatable bonds is 10. The maximum atomic E-state index is 11.5. The molecule has 0 aliphatic carbocycles. The fraction of sp³-hybridized carbons (Fsp3) is 0.643. The lowest BCUT2D eigenvalue weighted by atomic mass is 10.1. The zero-order valence-corrected chi connectivity index (χ0v) is 14.9. The van der Waals surface area contributed by atoms with Crippen molar-refractivity contribution >= 4 is 23.4 Å². The summed E-state index contributed by atoms with van der Waals surface area (Å²) in [6, 6.07) is 0. The molecule has 1 aromatic heterocycles. The predicted octanol–water partition coefficient (Wildman–Crippen LogP) is 5.03. The number of imidazole rings is 1. The summed E-state index contributed by atoms with van der Waals surface area (Å²) in [4.78, 5) is 6.88. The summed E-state index contributed by atoms with van der Waals surface area (Å²) in [5.41, 5.74) is 0.650. The van der Waals surface area contributed by atoms with E-state index >= 15 is 0 Å². The molecule has 1 heterocycles. The Labute approximate surface area is 145 Å². The van der Waals surface area contributed by atoms with Crippen molar-refractivity contribution in [1.82, 2.24) is 9.97 Å². The van der Waals surface area contributed by atoms with E-state index in [0.717, 1.165) is 19.3 Å². The van der Waals surface area contributed by atoms with Crippen LogP contribution in [-0.4, -0.2) is 30.2 Å². The maximum Gasteiger partial charge on any atom is 0.673 e. The Kier molecular flexibility index (Phi) is 10.7. The van der Waals surface area contributed by atoms with Crippen LogP contribution in [0.25, 0.3) is 6.08 Å². The topological polar surface area (TPSA) is 83.1 Å². The summed E-state index contributed by atoms with van der Waals surface area (Å²) in [7, 11) is -10.1. The minimum Gasteiger partial charge on any atom is -0.418 e. The van der Waals surface area contributed by atoms with E-state index in [4.69, 9.17) is 0 Å². The Hall–Kier alpha value is -1.36. The van der Waals surface area contributed by atoms with Crippen molar-refractivity contribution in [2.75, 3.05) is 0 Å². The van der Waals surface area contributed by atoms with E-state index in [0.29, 0.717) is 12.1 Å². The third kappa shape index (κ3) is 12.6. The molecule has 0 bridgehead atoms. The number of hydrogen-bond acceptors (Lipinski definition) is 3. The van der Waals surface area contributed by atoms with Gasteiger partial charge in [0.2, 0.25) is 0 Å². The fourth-order valence-electron chi connectivity index (χ4n) is 2.16. The first-order valence-corrected chi connectivity index (χ1v) is 9.50. The van der Waals surface area contributed by atoms with Gasteiger partial charge in [-0.1, -0.05) is 52.0 Å². The van der Waals surface area contributed by atoms with Crippen LogP contribution in [0.15, 0.2) is 12.8 Å². The van der Waals surface area contributed by atoms with Crippen LogP contribution in [-0.2, 0) is 10.1 Å². The Bertz CT molecular complexity index is 599. The number of aromatic nitrogens is 2. The zero-order chi connectivity index (χ0) is 19.5. The highest BCUT2D eigenvalue weighted by atomic mass is 32.2. The highest BCUT2D eigenvalue weighted by Gasteiger charge is 2.27. The Morgan fingerprint density at radius 3 is 2.20 bits per heavy atom. The average Bonchev–Trinajstić information content (AvgIpc) is 2.91. The SMILES string of the molecule is C=Cc1cnc(C(CCCCCCCC)S(=O)(=O)O)[nH]1.F[B-](F)(F)F. The molecule has 146 valence electrons. The van der Waals surface area contributed by atoms with Gasteiger partial charge in [-0.3, -0.25) is 4.55 Å². The number of aromatic amines is 1. The Morgan fingerprint density at radius 2 is 1.76 bits per heavy atom. The molecule has 0 aliphatic heterocycles. The third-order valence-corrected chi connectivity index (χ3v) is 4.50. The Balaban J connectivity index is 0.00000101. The fourth-order valence-corrected chi connectivity index (χ4v) is 3.02. The van der Waals surface area contributed by atoms with E-state index in [1.165, 1.54) is 25.5 Å². The summed E-state index contributed by atoms with van der Waals surface area (Å²) in [5, 5.41) is -0.970. The molecule has 0 spiro atoms. The van der Waals surface area contributed by atoms with E-state index in [1.54, 1.807) is 6.08 Å². The summed E-state index contributed by atoms with van der Waals surface area (Å²) < 4.78 is 71.3. The largest absolute Gasteiger partial charge is 0.673 e. The van der Waals surface area contributed by atoms with Gasteiger partial charge in [-0.15, -0.1) is 0 Å². The van der Waals surface area contributed by atoms with Crippen LogP contribution in [0.4, 0.5) is 17.3 Å². The van der Waals surface area contributed by atoms with Crippen LogP contribution in [0.5, 0.6) is 0 Å². The number of unbranched alkanes of at least 4 members (excludes halogenated alkanes) is 5. The van der Waals surface area contributed by atoms with E-state index < -0.39 is 22.6 Å². The highest BCUT2D eigenvalue weighted by molar-refractivity contribution is 7.86. The molecule has 0 saturated carbocycles. The van der Waals surface area contributed by atoms with E-state index in [9.17, 15) is 30.2 Å². The molecule has 5 nitrogen and oxygen atoms in total. The molecule has 1 aromatic rings. The lowest BCUT2D eigenvalue weighted by Crippen LogP contribution is -2.14. The van der Waals surface area contributed by atoms with Crippen LogP contribution in [0.3, 0.4) is 0 Å². The molecule has 1 rings (SSSR count). The Morgan fingerprint density at radius 1 is 1.24 bits per heavy atom. The van der Waals surface area contributed by atoms with Crippen molar-refractivity contribution in [2.24, 2.45) is 0 Å². The van der Waals surface area contributed by atoms with E-state index in [1.807, 2.05) is 0 Å². The van der Waals surface area contributed by atoms with Crippen LogP contribution in [0, 0.1) is 0 Å². The number of hydrogen-bond donors (Lipinski definition) is 2. The number of halogens is 4. The number of nitrogens with one attached hydrogen (secondary N) is 1. The molecule has 1 atom stereocenters. The summed E-state index contributed by atoms with van der Waals surface area (Å²) in [6.45, 7) is 5.74. The van der Waals surface area contributed by atoms with E-state index in [-0.39, 0.29) is 5.82 Å². The standard InChI is InChI=1S/C14H24N2O3S.BF4/c1-3-5-6-7-8-9-10-13(20(17,18)19)14-15-11-12(4-2)16-14;2-1(3,4)5/h4,11,13H,2-3,5-10H2,1H3,(H,15,16)(H,17,18,19);/q;-1. The summed E-state index contributed by atoms with van der Waals surface area (Å²) in [6.07, 6.45) is 9.86. The molecule has 0 saturated heterocycles. The van der Waals surface area contributed by atoms with Gasteiger partial charge in [-0.2, -0.15) is 8.42 Å². The average molecular weight is 387 g/mol. The molecule has 2 N–H and O–H groups in total. The van der Waals surface area contributed by atoms with Crippen LogP contribution in [0.1, 0.15) is 68.6 Å². The van der Waals surface area contributed by atoms with Gasteiger partial charge < -0.3 is 22.2 Å². The second kappa shape index (κ2) is 11.3. The highest BCUT2D eigenvalue weighted by Crippen LogP contribution is 2.25. The first-order valence-electron chi connectivity index (χ1n) is 8.00. The minimum absolute atomic E-state index is 0.288. The van der Waals surface area contributed by atoms with Crippen molar-refractivity contribution in [3.05, 3.63) is 24.3 Å². The smallest absolute Gasteiger partial charge is 0.418 e. The molecule has 1 unspecified atom stereocenters. The van der Waals surface area contributed by atoms with Crippen LogP contribution in [0.2, 0.25) is 0 Å². The number of nitrogens with zero attached hydrogens (tertiary/aromatic N) is 1. The first-order chi connectivity index (χ1) is 11.5. The first kappa shape index (κ1) is 23.6. The minimum atomic E-state index is -6.00. The normalized spacial score (nSPS) is 13.0. The van der Waals surface area contributed by atoms with Crippen LogP contribution < -0.4 is 0 Å². The third-order valence-electron chi connectivity index (χ3n) is 3.32.